The van der Waals surface area contributed by atoms with Gasteiger partial charge in [0, 0.05) is 24.4 Å². The van der Waals surface area contributed by atoms with Crippen LogP contribution < -0.4 is 4.74 Å². The highest BCUT2D eigenvalue weighted by atomic mass is 16.5. The van der Waals surface area contributed by atoms with Gasteiger partial charge in [-0.25, -0.2) is 0 Å². The van der Waals surface area contributed by atoms with E-state index in [9.17, 15) is 4.79 Å². The zero-order valence-electron chi connectivity index (χ0n) is 12.1. The third-order valence-corrected chi connectivity index (χ3v) is 3.44. The van der Waals surface area contributed by atoms with Crippen molar-refractivity contribution in [1.29, 1.82) is 0 Å². The summed E-state index contributed by atoms with van der Waals surface area (Å²) in [5, 5.41) is 0. The van der Waals surface area contributed by atoms with Gasteiger partial charge in [0.15, 0.2) is 5.78 Å². The van der Waals surface area contributed by atoms with E-state index in [1.54, 1.807) is 0 Å². The minimum atomic E-state index is 0.272. The Hall–Kier alpha value is -1.35. The van der Waals surface area contributed by atoms with Crippen LogP contribution in [-0.4, -0.2) is 37.9 Å². The Balaban J connectivity index is 1.97. The predicted molar refractivity (Wildman–Crippen MR) is 76.9 cm³/mol. The maximum absolute atomic E-state index is 11.7. The number of rotatable bonds is 5. The summed E-state index contributed by atoms with van der Waals surface area (Å²) in [7, 11) is 4.14. The zero-order chi connectivity index (χ0) is 13.8. The van der Waals surface area contributed by atoms with Crippen molar-refractivity contribution in [2.75, 3.05) is 27.2 Å². The summed E-state index contributed by atoms with van der Waals surface area (Å²) in [6, 6.07) is 5.88. The van der Waals surface area contributed by atoms with Gasteiger partial charge in [0.1, 0.15) is 5.75 Å². The predicted octanol–water partition coefficient (Wildman–Crippen LogP) is 2.78. The van der Waals surface area contributed by atoms with Crippen LogP contribution in [-0.2, 0) is 6.42 Å². The van der Waals surface area contributed by atoms with E-state index in [-0.39, 0.29) is 5.78 Å². The zero-order valence-corrected chi connectivity index (χ0v) is 12.1. The third kappa shape index (κ3) is 3.80. The van der Waals surface area contributed by atoms with Crippen molar-refractivity contribution in [2.24, 2.45) is 5.92 Å². The molecule has 0 heterocycles. The molecular formula is C16H23NO2. The molecule has 1 aliphatic rings. The van der Waals surface area contributed by atoms with E-state index in [0.29, 0.717) is 18.9 Å². The van der Waals surface area contributed by atoms with Crippen molar-refractivity contribution < 1.29 is 9.53 Å². The molecule has 0 bridgehead atoms. The molecular weight excluding hydrogens is 238 g/mol. The molecule has 1 unspecified atom stereocenters. The first-order chi connectivity index (χ1) is 9.06. The molecule has 0 fully saturated rings. The van der Waals surface area contributed by atoms with Crippen LogP contribution in [0.4, 0.5) is 0 Å². The van der Waals surface area contributed by atoms with Gasteiger partial charge in [-0.15, -0.1) is 0 Å². The van der Waals surface area contributed by atoms with E-state index in [0.717, 1.165) is 36.3 Å². The molecule has 0 radical (unpaired) electrons. The molecule has 1 aromatic rings. The Kier molecular flexibility index (Phi) is 4.59. The second kappa shape index (κ2) is 6.20. The highest BCUT2D eigenvalue weighted by molar-refractivity contribution is 5.98. The van der Waals surface area contributed by atoms with Gasteiger partial charge in [0.2, 0.25) is 0 Å². The SMILES string of the molecule is CC(COc1ccc2c(c1)CCCC2=O)CN(C)C. The van der Waals surface area contributed by atoms with Gasteiger partial charge in [-0.1, -0.05) is 6.92 Å². The number of fused-ring (bicyclic) bond motifs is 1. The minimum Gasteiger partial charge on any atom is -0.493 e. The van der Waals surface area contributed by atoms with Gasteiger partial charge >= 0.3 is 0 Å². The van der Waals surface area contributed by atoms with Crippen molar-refractivity contribution in [1.82, 2.24) is 4.90 Å². The molecule has 0 aliphatic heterocycles. The maximum Gasteiger partial charge on any atom is 0.163 e. The normalized spacial score (nSPS) is 16.3. The fraction of sp³-hybridized carbons (Fsp3) is 0.562. The number of nitrogens with zero attached hydrogens (tertiary/aromatic N) is 1. The summed E-state index contributed by atoms with van der Waals surface area (Å²) in [6.07, 6.45) is 2.64. The average molecular weight is 261 g/mol. The molecule has 19 heavy (non-hydrogen) atoms. The molecule has 0 saturated heterocycles. The van der Waals surface area contributed by atoms with Crippen molar-refractivity contribution in [3.05, 3.63) is 29.3 Å². The average Bonchev–Trinajstić information content (AvgIpc) is 2.36. The van der Waals surface area contributed by atoms with Gasteiger partial charge in [-0.05, 0) is 50.7 Å². The molecule has 1 atom stereocenters. The van der Waals surface area contributed by atoms with Gasteiger partial charge in [0.05, 0.1) is 6.61 Å². The molecule has 0 amide bonds. The Labute approximate surface area is 115 Å². The van der Waals surface area contributed by atoms with Crippen LogP contribution in [0.2, 0.25) is 0 Å². The number of hydrogen-bond acceptors (Lipinski definition) is 3. The largest absolute Gasteiger partial charge is 0.493 e. The van der Waals surface area contributed by atoms with E-state index in [2.05, 4.69) is 25.9 Å². The van der Waals surface area contributed by atoms with E-state index >= 15 is 0 Å². The van der Waals surface area contributed by atoms with Gasteiger partial charge in [-0.3, -0.25) is 4.79 Å². The van der Waals surface area contributed by atoms with Crippen molar-refractivity contribution in [3.8, 4) is 5.75 Å². The fourth-order valence-electron chi connectivity index (χ4n) is 2.63. The number of carbonyl (C=O) groups is 1. The number of hydrogen-bond donors (Lipinski definition) is 0. The van der Waals surface area contributed by atoms with Crippen LogP contribution in [0.3, 0.4) is 0 Å². The van der Waals surface area contributed by atoms with E-state index in [1.165, 1.54) is 0 Å². The summed E-state index contributed by atoms with van der Waals surface area (Å²) < 4.78 is 5.83. The number of ketones is 1. The molecule has 3 nitrogen and oxygen atoms in total. The standard InChI is InChI=1S/C16H23NO2/c1-12(10-17(2)3)11-19-14-7-8-15-13(9-14)5-4-6-16(15)18/h7-9,12H,4-6,10-11H2,1-3H3. The number of aryl methyl sites for hydroxylation is 1. The van der Waals surface area contributed by atoms with Crippen molar-refractivity contribution in [2.45, 2.75) is 26.2 Å². The topological polar surface area (TPSA) is 29.5 Å². The van der Waals surface area contributed by atoms with Crippen LogP contribution in [0, 0.1) is 5.92 Å². The number of carbonyl (C=O) groups excluding carboxylic acids is 1. The van der Waals surface area contributed by atoms with Crippen LogP contribution in [0.15, 0.2) is 18.2 Å². The summed E-state index contributed by atoms with van der Waals surface area (Å²) in [5.41, 5.74) is 2.04. The Morgan fingerprint density at radius 1 is 1.32 bits per heavy atom. The quantitative estimate of drug-likeness (QED) is 0.816. The second-order valence-corrected chi connectivity index (χ2v) is 5.77. The van der Waals surface area contributed by atoms with Crippen LogP contribution >= 0.6 is 0 Å². The summed E-state index contributed by atoms with van der Waals surface area (Å²) in [5.74, 6) is 1.65. The molecule has 104 valence electrons. The molecule has 3 heteroatoms. The lowest BCUT2D eigenvalue weighted by Crippen LogP contribution is -2.24. The first-order valence-electron chi connectivity index (χ1n) is 7.00. The Morgan fingerprint density at radius 2 is 2.11 bits per heavy atom. The Bertz CT molecular complexity index is 454. The number of Topliss-reactive ketones (excluding diaryl/α,β-unsaturated/α-hetero) is 1. The van der Waals surface area contributed by atoms with E-state index in [1.807, 2.05) is 18.2 Å². The smallest absolute Gasteiger partial charge is 0.163 e. The van der Waals surface area contributed by atoms with Crippen molar-refractivity contribution >= 4 is 5.78 Å². The minimum absolute atomic E-state index is 0.272. The monoisotopic (exact) mass is 261 g/mol. The molecule has 0 spiro atoms. The lowest BCUT2D eigenvalue weighted by molar-refractivity contribution is 0.0972. The lowest BCUT2D eigenvalue weighted by Gasteiger charge is -2.19. The fourth-order valence-corrected chi connectivity index (χ4v) is 2.63. The van der Waals surface area contributed by atoms with E-state index in [4.69, 9.17) is 4.74 Å². The molecule has 2 rings (SSSR count). The highest BCUT2D eigenvalue weighted by Crippen LogP contribution is 2.25. The van der Waals surface area contributed by atoms with Gasteiger partial charge in [-0.2, -0.15) is 0 Å². The lowest BCUT2D eigenvalue weighted by atomic mass is 9.90. The first kappa shape index (κ1) is 14.1. The van der Waals surface area contributed by atoms with Crippen LogP contribution in [0.1, 0.15) is 35.7 Å². The highest BCUT2D eigenvalue weighted by Gasteiger charge is 2.17. The van der Waals surface area contributed by atoms with Crippen LogP contribution in [0.5, 0.6) is 5.75 Å². The molecule has 0 saturated carbocycles. The molecule has 0 N–H and O–H groups in total. The molecule has 1 aliphatic carbocycles. The first-order valence-corrected chi connectivity index (χ1v) is 7.00. The summed E-state index contributed by atoms with van der Waals surface area (Å²) in [4.78, 5) is 13.9. The summed E-state index contributed by atoms with van der Waals surface area (Å²) >= 11 is 0. The number of ether oxygens (including phenoxy) is 1. The third-order valence-electron chi connectivity index (χ3n) is 3.44. The van der Waals surface area contributed by atoms with Gasteiger partial charge < -0.3 is 9.64 Å². The van der Waals surface area contributed by atoms with Gasteiger partial charge in [0.25, 0.3) is 0 Å². The van der Waals surface area contributed by atoms with E-state index < -0.39 is 0 Å². The van der Waals surface area contributed by atoms with Crippen molar-refractivity contribution in [3.63, 3.8) is 0 Å². The van der Waals surface area contributed by atoms with Crippen LogP contribution in [0.25, 0.3) is 0 Å². The second-order valence-electron chi connectivity index (χ2n) is 5.77. The molecule has 0 aromatic heterocycles. The summed E-state index contributed by atoms with van der Waals surface area (Å²) in [6.45, 7) is 3.91. The Morgan fingerprint density at radius 3 is 2.84 bits per heavy atom. The maximum atomic E-state index is 11.7. The molecule has 1 aromatic carbocycles. The number of benzene rings is 1.